The van der Waals surface area contributed by atoms with Crippen molar-refractivity contribution in [2.75, 3.05) is 0 Å². The molecule has 0 bridgehead atoms. The first-order chi connectivity index (χ1) is 15.3. The van der Waals surface area contributed by atoms with Gasteiger partial charge in [0.1, 0.15) is 0 Å². The lowest BCUT2D eigenvalue weighted by Crippen LogP contribution is -2.17. The average molecular weight is 466 g/mol. The fourth-order valence-corrected chi connectivity index (χ4v) is 3.74. The van der Waals surface area contributed by atoms with Crippen molar-refractivity contribution in [1.29, 1.82) is 0 Å². The monoisotopic (exact) mass is 466 g/mol. The van der Waals surface area contributed by atoms with Gasteiger partial charge in [-0.3, -0.25) is 4.79 Å². The molecule has 174 valence electrons. The predicted octanol–water partition coefficient (Wildman–Crippen LogP) is 7.88. The molecule has 0 fully saturated rings. The van der Waals surface area contributed by atoms with Gasteiger partial charge in [0, 0.05) is 0 Å². The molecule has 0 aliphatic carbocycles. The van der Waals surface area contributed by atoms with E-state index in [-0.39, 0.29) is 5.92 Å². The maximum atomic E-state index is 13.0. The minimum absolute atomic E-state index is 0.264. The van der Waals surface area contributed by atoms with Gasteiger partial charge in [-0.25, -0.2) is 0 Å². The molecule has 0 aliphatic rings. The van der Waals surface area contributed by atoms with Crippen LogP contribution in [0.1, 0.15) is 36.5 Å². The van der Waals surface area contributed by atoms with E-state index in [1.54, 1.807) is 32.0 Å². The lowest BCUT2D eigenvalue weighted by atomic mass is 9.84. The second-order valence-electron chi connectivity index (χ2n) is 8.02. The fourth-order valence-electron chi connectivity index (χ4n) is 3.74. The molecule has 3 aromatic rings. The Kier molecular flexibility index (Phi) is 6.58. The Morgan fingerprint density at radius 1 is 0.697 bits per heavy atom. The molecule has 0 amide bonds. The highest BCUT2D eigenvalue weighted by Gasteiger charge is 2.31. The molecule has 3 rings (SSSR count). The Morgan fingerprint density at radius 3 is 1.48 bits per heavy atom. The largest absolute Gasteiger partial charge is 0.481 e. The molecule has 1 unspecified atom stereocenters. The van der Waals surface area contributed by atoms with Gasteiger partial charge in [-0.15, -0.1) is 0 Å². The summed E-state index contributed by atoms with van der Waals surface area (Å²) in [7, 11) is 0. The minimum atomic E-state index is -4.53. The van der Waals surface area contributed by atoms with Gasteiger partial charge in [0.15, 0.2) is 0 Å². The first-order valence-corrected chi connectivity index (χ1v) is 10.0. The van der Waals surface area contributed by atoms with Gasteiger partial charge in [0.25, 0.3) is 0 Å². The van der Waals surface area contributed by atoms with E-state index < -0.39 is 35.4 Å². The first-order valence-electron chi connectivity index (χ1n) is 10.0. The first kappa shape index (κ1) is 24.4. The van der Waals surface area contributed by atoms with E-state index in [9.17, 15) is 36.2 Å². The Labute approximate surface area is 186 Å². The molecular formula is C25H20F6O2. The number of alkyl halides is 6. The molecule has 0 radical (unpaired) electrons. The highest BCUT2D eigenvalue weighted by molar-refractivity contribution is 5.86. The second-order valence-corrected chi connectivity index (χ2v) is 8.02. The summed E-state index contributed by atoms with van der Waals surface area (Å²) in [4.78, 5) is 11.8. The van der Waals surface area contributed by atoms with Crippen molar-refractivity contribution in [1.82, 2.24) is 0 Å². The van der Waals surface area contributed by atoms with Crippen LogP contribution in [0.3, 0.4) is 0 Å². The van der Waals surface area contributed by atoms with Gasteiger partial charge >= 0.3 is 18.3 Å². The zero-order valence-electron chi connectivity index (χ0n) is 17.6. The number of carboxylic acids is 1. The van der Waals surface area contributed by atoms with Crippen molar-refractivity contribution in [2.45, 2.75) is 32.1 Å². The van der Waals surface area contributed by atoms with Gasteiger partial charge in [0.05, 0.1) is 17.0 Å². The maximum Gasteiger partial charge on any atom is 0.416 e. The number of rotatable bonds is 5. The van der Waals surface area contributed by atoms with Crippen LogP contribution in [-0.2, 0) is 17.1 Å². The lowest BCUT2D eigenvalue weighted by molar-refractivity contribution is -0.140. The van der Waals surface area contributed by atoms with Gasteiger partial charge in [-0.05, 0) is 64.1 Å². The number of carboxylic acid groups (broad SMARTS) is 1. The normalized spacial score (nSPS) is 13.2. The Morgan fingerprint density at radius 2 is 1.12 bits per heavy atom. The highest BCUT2D eigenvalue weighted by Crippen LogP contribution is 2.39. The summed E-state index contributed by atoms with van der Waals surface area (Å²) in [5.41, 5.74) is 0.471. The number of hydrogen-bond donors (Lipinski definition) is 1. The van der Waals surface area contributed by atoms with E-state index in [2.05, 4.69) is 0 Å². The van der Waals surface area contributed by atoms with Crippen LogP contribution in [-0.4, -0.2) is 11.1 Å². The summed E-state index contributed by atoms with van der Waals surface area (Å²) >= 11 is 0. The van der Waals surface area contributed by atoms with Crippen LogP contribution in [0.4, 0.5) is 26.3 Å². The van der Waals surface area contributed by atoms with E-state index >= 15 is 0 Å². The van der Waals surface area contributed by atoms with E-state index in [4.69, 9.17) is 0 Å². The van der Waals surface area contributed by atoms with Crippen molar-refractivity contribution in [3.63, 3.8) is 0 Å². The molecule has 0 saturated carbocycles. The summed E-state index contributed by atoms with van der Waals surface area (Å²) in [6.07, 6.45) is -9.03. The van der Waals surface area contributed by atoms with Gasteiger partial charge in [-0.2, -0.15) is 26.3 Å². The van der Waals surface area contributed by atoms with Gasteiger partial charge in [0.2, 0.25) is 0 Å². The summed E-state index contributed by atoms with van der Waals surface area (Å²) in [5.74, 6) is -2.18. The molecule has 8 heteroatoms. The predicted molar refractivity (Wildman–Crippen MR) is 113 cm³/mol. The number of halogens is 6. The average Bonchev–Trinajstić information content (AvgIpc) is 2.72. The van der Waals surface area contributed by atoms with Crippen molar-refractivity contribution in [2.24, 2.45) is 5.92 Å². The molecule has 3 aromatic carbocycles. The van der Waals surface area contributed by atoms with Crippen molar-refractivity contribution >= 4 is 5.97 Å². The van der Waals surface area contributed by atoms with Gasteiger partial charge in [-0.1, -0.05) is 50.2 Å². The highest BCUT2D eigenvalue weighted by atomic mass is 19.4. The molecule has 0 spiro atoms. The maximum absolute atomic E-state index is 13.0. The second kappa shape index (κ2) is 8.92. The summed E-state index contributed by atoms with van der Waals surface area (Å²) < 4.78 is 77.8. The van der Waals surface area contributed by atoms with Crippen LogP contribution in [0.5, 0.6) is 0 Å². The van der Waals surface area contributed by atoms with Crippen LogP contribution in [0.2, 0.25) is 0 Å². The Bertz CT molecular complexity index is 1130. The summed E-state index contributed by atoms with van der Waals surface area (Å²) in [5, 5.41) is 9.65. The molecule has 1 atom stereocenters. The third-order valence-electron chi connectivity index (χ3n) is 5.38. The molecule has 33 heavy (non-hydrogen) atoms. The molecule has 2 nitrogen and oxygen atoms in total. The van der Waals surface area contributed by atoms with Crippen LogP contribution in [0, 0.1) is 5.92 Å². The molecule has 1 N–H and O–H groups in total. The summed E-state index contributed by atoms with van der Waals surface area (Å²) in [6.45, 7) is 3.47. The smallest absolute Gasteiger partial charge is 0.416 e. The third kappa shape index (κ3) is 5.38. The van der Waals surface area contributed by atoms with Crippen molar-refractivity contribution < 1.29 is 36.2 Å². The van der Waals surface area contributed by atoms with Crippen LogP contribution >= 0.6 is 0 Å². The minimum Gasteiger partial charge on any atom is -0.481 e. The third-order valence-corrected chi connectivity index (χ3v) is 5.38. The van der Waals surface area contributed by atoms with E-state index in [0.29, 0.717) is 27.8 Å². The number of benzene rings is 3. The van der Waals surface area contributed by atoms with Crippen molar-refractivity contribution in [3.8, 4) is 22.3 Å². The van der Waals surface area contributed by atoms with Gasteiger partial charge < -0.3 is 5.11 Å². The number of carbonyl (C=O) groups is 1. The topological polar surface area (TPSA) is 37.3 Å². The lowest BCUT2D eigenvalue weighted by Gasteiger charge is -2.20. The quantitative estimate of drug-likeness (QED) is 0.388. The van der Waals surface area contributed by atoms with Crippen LogP contribution in [0.25, 0.3) is 22.3 Å². The van der Waals surface area contributed by atoms with E-state index in [1.807, 2.05) is 0 Å². The zero-order valence-corrected chi connectivity index (χ0v) is 17.6. The number of aliphatic carboxylic acids is 1. The van der Waals surface area contributed by atoms with E-state index in [1.165, 1.54) is 24.3 Å². The SMILES string of the molecule is CC(C)C(C(=O)O)c1ccc(-c2ccc(C(F)(F)F)cc2)c(-c2ccc(C(F)(F)F)cc2)c1. The van der Waals surface area contributed by atoms with E-state index in [0.717, 1.165) is 24.3 Å². The fraction of sp³-hybridized carbons (Fsp3) is 0.240. The Balaban J connectivity index is 2.18. The number of hydrogen-bond acceptors (Lipinski definition) is 1. The summed E-state index contributed by atoms with van der Waals surface area (Å²) in [6, 6.07) is 13.5. The van der Waals surface area contributed by atoms with Crippen LogP contribution in [0.15, 0.2) is 66.7 Å². The Hall–Kier alpha value is -3.29. The zero-order chi connectivity index (χ0) is 24.6. The molecular weight excluding hydrogens is 446 g/mol. The molecule has 0 heterocycles. The molecule has 0 saturated heterocycles. The van der Waals surface area contributed by atoms with Crippen molar-refractivity contribution in [3.05, 3.63) is 83.4 Å². The van der Waals surface area contributed by atoms with Crippen LogP contribution < -0.4 is 0 Å². The molecule has 0 aromatic heterocycles. The standard InChI is InChI=1S/C25H20F6O2/c1-14(2)22(23(32)33)17-7-12-20(15-3-8-18(9-4-15)24(26,27)28)21(13-17)16-5-10-19(11-6-16)25(29,30)31/h3-14,22H,1-2H3,(H,32,33). The molecule has 0 aliphatic heterocycles.